The van der Waals surface area contributed by atoms with Crippen LogP contribution in [0.15, 0.2) is 51.6 Å². The van der Waals surface area contributed by atoms with Gasteiger partial charge in [-0.15, -0.1) is 0 Å². The zero-order chi connectivity index (χ0) is 17.8. The van der Waals surface area contributed by atoms with Crippen LogP contribution in [0.5, 0.6) is 0 Å². The van der Waals surface area contributed by atoms with E-state index >= 15 is 0 Å². The summed E-state index contributed by atoms with van der Waals surface area (Å²) in [5.41, 5.74) is 2.63. The average Bonchev–Trinajstić information content (AvgIpc) is 3.06. The van der Waals surface area contributed by atoms with Crippen LogP contribution in [0.2, 0.25) is 0 Å². The number of furan rings is 1. The minimum absolute atomic E-state index is 0.0855. The Morgan fingerprint density at radius 2 is 2.08 bits per heavy atom. The van der Waals surface area contributed by atoms with Gasteiger partial charge >= 0.3 is 5.97 Å². The lowest BCUT2D eigenvalue weighted by Crippen LogP contribution is -2.16. The van der Waals surface area contributed by atoms with Gasteiger partial charge in [0.1, 0.15) is 11.2 Å². The van der Waals surface area contributed by atoms with Gasteiger partial charge in [-0.05, 0) is 40.5 Å². The molecule has 2 heterocycles. The van der Waals surface area contributed by atoms with Crippen molar-refractivity contribution in [1.82, 2.24) is 4.98 Å². The molecular formula is C18H15BrN2O4. The monoisotopic (exact) mass is 402 g/mol. The number of nitrogens with zero attached hydrogens (tertiary/aromatic N) is 1. The summed E-state index contributed by atoms with van der Waals surface area (Å²) in [7, 11) is 0. The van der Waals surface area contributed by atoms with E-state index in [4.69, 9.17) is 9.15 Å². The van der Waals surface area contributed by atoms with Crippen molar-refractivity contribution in [3.8, 4) is 0 Å². The van der Waals surface area contributed by atoms with E-state index in [9.17, 15) is 9.59 Å². The second kappa shape index (κ2) is 7.48. The highest BCUT2D eigenvalue weighted by Crippen LogP contribution is 2.25. The van der Waals surface area contributed by atoms with Crippen LogP contribution < -0.4 is 5.32 Å². The van der Waals surface area contributed by atoms with Crippen LogP contribution in [-0.4, -0.2) is 23.5 Å². The molecule has 7 heteroatoms. The van der Waals surface area contributed by atoms with Crippen molar-refractivity contribution in [1.29, 1.82) is 0 Å². The van der Waals surface area contributed by atoms with Gasteiger partial charge in [0.2, 0.25) is 0 Å². The molecular weight excluding hydrogens is 388 g/mol. The first-order chi connectivity index (χ1) is 12.1. The topological polar surface area (TPSA) is 81.4 Å². The first-order valence-electron chi connectivity index (χ1n) is 7.67. The summed E-state index contributed by atoms with van der Waals surface area (Å²) in [4.78, 5) is 28.6. The predicted molar refractivity (Wildman–Crippen MR) is 96.4 cm³/mol. The van der Waals surface area contributed by atoms with E-state index in [1.165, 1.54) is 6.26 Å². The third-order valence-electron chi connectivity index (χ3n) is 3.50. The normalized spacial score (nSPS) is 10.6. The number of pyridine rings is 1. The van der Waals surface area contributed by atoms with Crippen molar-refractivity contribution in [2.24, 2.45) is 0 Å². The summed E-state index contributed by atoms with van der Waals surface area (Å²) in [6.07, 6.45) is 1.60. The van der Waals surface area contributed by atoms with Crippen LogP contribution in [0, 0.1) is 0 Å². The second-order valence-corrected chi connectivity index (χ2v) is 6.07. The van der Waals surface area contributed by atoms with E-state index in [0.717, 1.165) is 0 Å². The lowest BCUT2D eigenvalue weighted by atomic mass is 10.1. The van der Waals surface area contributed by atoms with Crippen LogP contribution in [0.25, 0.3) is 11.1 Å². The molecule has 0 aliphatic carbocycles. The number of rotatable bonds is 5. The van der Waals surface area contributed by atoms with Gasteiger partial charge in [-0.1, -0.05) is 18.2 Å². The molecule has 0 aliphatic rings. The number of hydrogen-bond donors (Lipinski definition) is 1. The molecule has 128 valence electrons. The molecule has 3 rings (SSSR count). The van der Waals surface area contributed by atoms with Gasteiger partial charge < -0.3 is 14.5 Å². The molecule has 0 bridgehead atoms. The molecule has 0 unspecified atom stereocenters. The Bertz CT molecular complexity index is 936. The molecule has 1 N–H and O–H groups in total. The summed E-state index contributed by atoms with van der Waals surface area (Å²) in [5, 5.41) is 2.80. The van der Waals surface area contributed by atoms with E-state index < -0.39 is 0 Å². The summed E-state index contributed by atoms with van der Waals surface area (Å²) < 4.78 is 10.9. The van der Waals surface area contributed by atoms with Crippen molar-refractivity contribution in [2.45, 2.75) is 13.3 Å². The van der Waals surface area contributed by atoms with E-state index in [1.807, 2.05) is 0 Å². The molecule has 3 aromatic rings. The fraction of sp³-hybridized carbons (Fsp3) is 0.167. The Morgan fingerprint density at radius 3 is 2.88 bits per heavy atom. The number of amides is 1. The van der Waals surface area contributed by atoms with Crippen LogP contribution in [-0.2, 0) is 16.0 Å². The molecule has 0 aliphatic heterocycles. The van der Waals surface area contributed by atoms with Gasteiger partial charge in [0.05, 0.1) is 23.8 Å². The minimum Gasteiger partial charge on any atom is -0.466 e. The summed E-state index contributed by atoms with van der Waals surface area (Å²) in [6, 6.07) is 10.4. The van der Waals surface area contributed by atoms with Crippen molar-refractivity contribution in [2.75, 3.05) is 11.9 Å². The molecule has 0 atom stereocenters. The lowest BCUT2D eigenvalue weighted by molar-refractivity contribution is -0.142. The predicted octanol–water partition coefficient (Wildman–Crippen LogP) is 3.95. The first-order valence-corrected chi connectivity index (χ1v) is 8.46. The Kier molecular flexibility index (Phi) is 5.14. The average molecular weight is 403 g/mol. The Balaban J connectivity index is 1.83. The molecule has 25 heavy (non-hydrogen) atoms. The molecule has 0 fully saturated rings. The van der Waals surface area contributed by atoms with Gasteiger partial charge in [-0.2, -0.15) is 0 Å². The lowest BCUT2D eigenvalue weighted by Gasteiger charge is -2.10. The largest absolute Gasteiger partial charge is 0.466 e. The highest BCUT2D eigenvalue weighted by Gasteiger charge is 2.15. The molecule has 0 spiro atoms. The molecule has 1 amide bonds. The van der Waals surface area contributed by atoms with Gasteiger partial charge in [0.15, 0.2) is 5.58 Å². The van der Waals surface area contributed by atoms with Gasteiger partial charge in [0.25, 0.3) is 5.91 Å². The number of hydrogen-bond acceptors (Lipinski definition) is 5. The number of carbonyl (C=O) groups excluding carboxylic acids is 2. The van der Waals surface area contributed by atoms with Gasteiger partial charge in [0, 0.05) is 11.8 Å². The number of anilines is 1. The van der Waals surface area contributed by atoms with Crippen LogP contribution in [0.1, 0.15) is 23.0 Å². The second-order valence-electron chi connectivity index (χ2n) is 5.22. The molecule has 6 nitrogen and oxygen atoms in total. The number of fused-ring (bicyclic) bond motifs is 1. The molecule has 1 aromatic carbocycles. The number of para-hydroxylation sites is 1. The third kappa shape index (κ3) is 3.88. The smallest absolute Gasteiger partial charge is 0.310 e. The van der Waals surface area contributed by atoms with E-state index in [0.29, 0.717) is 33.4 Å². The summed E-state index contributed by atoms with van der Waals surface area (Å²) in [5.74, 6) is -0.718. The van der Waals surface area contributed by atoms with Crippen molar-refractivity contribution >= 4 is 44.6 Å². The third-order valence-corrected chi connectivity index (χ3v) is 4.09. The van der Waals surface area contributed by atoms with Crippen molar-refractivity contribution in [3.05, 3.63) is 58.4 Å². The number of aromatic nitrogens is 1. The highest BCUT2D eigenvalue weighted by molar-refractivity contribution is 9.10. The summed E-state index contributed by atoms with van der Waals surface area (Å²) >= 11 is 3.37. The molecule has 0 radical (unpaired) electrons. The highest BCUT2D eigenvalue weighted by atomic mass is 79.9. The van der Waals surface area contributed by atoms with Crippen LogP contribution >= 0.6 is 15.9 Å². The summed E-state index contributed by atoms with van der Waals surface area (Å²) in [6.45, 7) is 2.07. The maximum absolute atomic E-state index is 12.6. The Hall–Kier alpha value is -2.67. The zero-order valence-electron chi connectivity index (χ0n) is 13.4. The Morgan fingerprint density at radius 1 is 1.28 bits per heavy atom. The van der Waals surface area contributed by atoms with Crippen LogP contribution in [0.3, 0.4) is 0 Å². The standard InChI is InChI=1S/C18H15BrN2O4/c1-2-24-16(22)9-11-5-3-4-6-13(11)21-18(23)15-10-12(19)17-14(20-15)7-8-25-17/h3-8,10H,2,9H2,1H3,(H,21,23). The van der Waals surface area contributed by atoms with Crippen LogP contribution in [0.4, 0.5) is 5.69 Å². The quantitative estimate of drug-likeness (QED) is 0.653. The van der Waals surface area contributed by atoms with E-state index in [-0.39, 0.29) is 24.0 Å². The SMILES string of the molecule is CCOC(=O)Cc1ccccc1NC(=O)c1cc(Br)c2occc2n1. The molecule has 0 saturated heterocycles. The number of benzene rings is 1. The fourth-order valence-corrected chi connectivity index (χ4v) is 2.90. The maximum Gasteiger partial charge on any atom is 0.310 e. The number of esters is 1. The molecule has 0 saturated carbocycles. The van der Waals surface area contributed by atoms with Crippen molar-refractivity contribution in [3.63, 3.8) is 0 Å². The minimum atomic E-state index is -0.375. The van der Waals surface area contributed by atoms with E-state index in [1.54, 1.807) is 43.3 Å². The molecule has 2 aromatic heterocycles. The number of carbonyl (C=O) groups is 2. The number of halogens is 1. The zero-order valence-corrected chi connectivity index (χ0v) is 15.0. The van der Waals surface area contributed by atoms with Crippen molar-refractivity contribution < 1.29 is 18.7 Å². The van der Waals surface area contributed by atoms with Gasteiger partial charge in [-0.25, -0.2) is 4.98 Å². The Labute approximate surface area is 152 Å². The first kappa shape index (κ1) is 17.2. The maximum atomic E-state index is 12.6. The van der Waals surface area contributed by atoms with E-state index in [2.05, 4.69) is 26.2 Å². The fourth-order valence-electron chi connectivity index (χ4n) is 2.38. The number of nitrogens with one attached hydrogen (secondary N) is 1. The van der Waals surface area contributed by atoms with Gasteiger partial charge in [-0.3, -0.25) is 9.59 Å². The number of ether oxygens (including phenoxy) is 1.